The van der Waals surface area contributed by atoms with Crippen LogP contribution >= 0.6 is 11.6 Å². The number of hydrogen-bond donors (Lipinski definition) is 1. The SMILES string of the molecule is C=NC(=N/C=C(\C)Cl)[C@@H](C)[C@H](C)S(=O)(=O)Nc1nnc([C@H]2CCO[C@@H]2C)n1-c1c(OC)cccc1OC. The Morgan fingerprint density at radius 1 is 1.30 bits per heavy atom. The van der Waals surface area contributed by atoms with E-state index in [4.69, 9.17) is 25.8 Å². The molecular formula is C24H33ClN6O5S. The fraction of sp³-hybridized carbons (Fsp3) is 0.500. The number of nitrogens with one attached hydrogen (secondary N) is 1. The largest absolute Gasteiger partial charge is 0.494 e. The summed E-state index contributed by atoms with van der Waals surface area (Å²) in [5.74, 6) is 0.961. The maximum absolute atomic E-state index is 13.5. The molecule has 0 radical (unpaired) electrons. The summed E-state index contributed by atoms with van der Waals surface area (Å²) in [6.45, 7) is 10.9. The van der Waals surface area contributed by atoms with E-state index in [9.17, 15) is 8.42 Å². The van der Waals surface area contributed by atoms with Crippen LogP contribution in [0.5, 0.6) is 11.5 Å². The van der Waals surface area contributed by atoms with Crippen LogP contribution in [0.25, 0.3) is 5.69 Å². The molecule has 1 aliphatic rings. The minimum atomic E-state index is -4.01. The Morgan fingerprint density at radius 2 is 1.95 bits per heavy atom. The molecule has 0 saturated carbocycles. The molecular weight excluding hydrogens is 520 g/mol. The number of rotatable bonds is 10. The van der Waals surface area contributed by atoms with E-state index >= 15 is 0 Å². The van der Waals surface area contributed by atoms with Gasteiger partial charge in [0.2, 0.25) is 16.0 Å². The smallest absolute Gasteiger partial charge is 0.243 e. The van der Waals surface area contributed by atoms with Gasteiger partial charge in [-0.05, 0) is 46.0 Å². The van der Waals surface area contributed by atoms with Crippen molar-refractivity contribution in [3.05, 3.63) is 35.3 Å². The van der Waals surface area contributed by atoms with Gasteiger partial charge in [-0.3, -0.25) is 9.29 Å². The van der Waals surface area contributed by atoms with Gasteiger partial charge in [-0.1, -0.05) is 24.6 Å². The van der Waals surface area contributed by atoms with Crippen LogP contribution in [0.2, 0.25) is 0 Å². The first-order chi connectivity index (χ1) is 17.5. The van der Waals surface area contributed by atoms with Crippen LogP contribution in [-0.2, 0) is 14.8 Å². The monoisotopic (exact) mass is 552 g/mol. The van der Waals surface area contributed by atoms with Gasteiger partial charge in [0, 0.05) is 29.7 Å². The molecule has 2 aromatic rings. The average Bonchev–Trinajstić information content (AvgIpc) is 3.47. The second-order valence-corrected chi connectivity index (χ2v) is 11.3. The molecule has 4 atom stereocenters. The number of nitrogens with zero attached hydrogens (tertiary/aromatic N) is 5. The van der Waals surface area contributed by atoms with Crippen molar-refractivity contribution in [1.29, 1.82) is 0 Å². The number of allylic oxidation sites excluding steroid dienone is 1. The molecule has 11 nitrogen and oxygen atoms in total. The van der Waals surface area contributed by atoms with Crippen molar-refractivity contribution in [2.45, 2.75) is 51.4 Å². The molecule has 0 aliphatic carbocycles. The minimum absolute atomic E-state index is 0.00232. The number of amidine groups is 1. The topological polar surface area (TPSA) is 129 Å². The van der Waals surface area contributed by atoms with Crippen molar-refractivity contribution in [2.24, 2.45) is 15.9 Å². The van der Waals surface area contributed by atoms with Gasteiger partial charge in [0.1, 0.15) is 28.8 Å². The van der Waals surface area contributed by atoms with Gasteiger partial charge < -0.3 is 14.2 Å². The summed E-state index contributed by atoms with van der Waals surface area (Å²) in [6.07, 6.45) is 1.97. The Labute approximate surface area is 222 Å². The van der Waals surface area contributed by atoms with Gasteiger partial charge in [-0.15, -0.1) is 10.2 Å². The molecule has 1 saturated heterocycles. The summed E-state index contributed by atoms with van der Waals surface area (Å²) < 4.78 is 48.3. The predicted octanol–water partition coefficient (Wildman–Crippen LogP) is 4.14. The van der Waals surface area contributed by atoms with Crippen molar-refractivity contribution in [1.82, 2.24) is 14.8 Å². The van der Waals surface area contributed by atoms with Gasteiger partial charge >= 0.3 is 0 Å². The molecule has 1 aliphatic heterocycles. The van der Waals surface area contributed by atoms with Crippen LogP contribution in [0.1, 0.15) is 45.9 Å². The fourth-order valence-electron chi connectivity index (χ4n) is 4.10. The Bertz CT molecular complexity index is 1270. The van der Waals surface area contributed by atoms with E-state index in [-0.39, 0.29) is 23.8 Å². The van der Waals surface area contributed by atoms with Gasteiger partial charge in [0.25, 0.3) is 0 Å². The minimum Gasteiger partial charge on any atom is -0.494 e. The molecule has 2 heterocycles. The number of anilines is 1. The second-order valence-electron chi connectivity index (χ2n) is 8.70. The lowest BCUT2D eigenvalue weighted by molar-refractivity contribution is 0.117. The lowest BCUT2D eigenvalue weighted by Crippen LogP contribution is -2.35. The predicted molar refractivity (Wildman–Crippen MR) is 145 cm³/mol. The summed E-state index contributed by atoms with van der Waals surface area (Å²) in [7, 11) is -0.958. The zero-order valence-corrected chi connectivity index (χ0v) is 23.4. The number of aliphatic imine (C=N–C) groups is 2. The number of methoxy groups -OCH3 is 2. The third-order valence-corrected chi connectivity index (χ3v) is 8.34. The Balaban J connectivity index is 2.11. The van der Waals surface area contributed by atoms with E-state index in [1.807, 2.05) is 6.92 Å². The van der Waals surface area contributed by atoms with E-state index in [1.165, 1.54) is 20.4 Å². The van der Waals surface area contributed by atoms with E-state index in [0.29, 0.717) is 41.1 Å². The number of sulfonamides is 1. The average molecular weight is 553 g/mol. The van der Waals surface area contributed by atoms with Crippen molar-refractivity contribution < 1.29 is 22.6 Å². The molecule has 1 fully saturated rings. The van der Waals surface area contributed by atoms with Crippen molar-refractivity contribution >= 4 is 40.1 Å². The first kappa shape index (κ1) is 28.6. The first-order valence-electron chi connectivity index (χ1n) is 11.7. The maximum Gasteiger partial charge on any atom is 0.243 e. The van der Waals surface area contributed by atoms with E-state index in [1.54, 1.807) is 43.5 Å². The number of hydrogen-bond acceptors (Lipinski definition) is 8. The van der Waals surface area contributed by atoms with Gasteiger partial charge in [-0.2, -0.15) is 0 Å². The molecule has 1 N–H and O–H groups in total. The summed E-state index contributed by atoms with van der Waals surface area (Å²) >= 11 is 5.87. The molecule has 1 aromatic heterocycles. The molecule has 1 aromatic carbocycles. The van der Waals surface area contributed by atoms with Gasteiger partial charge in [-0.25, -0.2) is 18.4 Å². The van der Waals surface area contributed by atoms with Crippen LogP contribution < -0.4 is 14.2 Å². The van der Waals surface area contributed by atoms with Gasteiger partial charge in [0.05, 0.1) is 25.6 Å². The zero-order chi connectivity index (χ0) is 27.3. The van der Waals surface area contributed by atoms with Crippen LogP contribution in [0.4, 0.5) is 5.95 Å². The third kappa shape index (κ3) is 6.13. The quantitative estimate of drug-likeness (QED) is 0.346. The number of ether oxygens (including phenoxy) is 3. The van der Waals surface area contributed by atoms with E-state index in [2.05, 4.69) is 31.6 Å². The van der Waals surface area contributed by atoms with Crippen molar-refractivity contribution in [3.8, 4) is 17.2 Å². The van der Waals surface area contributed by atoms with Crippen LogP contribution in [-0.4, -0.2) is 67.9 Å². The lowest BCUT2D eigenvalue weighted by atomic mass is 10.0. The molecule has 202 valence electrons. The molecule has 0 bridgehead atoms. The fourth-order valence-corrected chi connectivity index (χ4v) is 5.38. The van der Waals surface area contributed by atoms with Gasteiger partial charge in [0.15, 0.2) is 0 Å². The maximum atomic E-state index is 13.5. The van der Waals surface area contributed by atoms with E-state index in [0.717, 1.165) is 0 Å². The second kappa shape index (κ2) is 12.1. The molecule has 0 amide bonds. The van der Waals surface area contributed by atoms with Crippen molar-refractivity contribution in [3.63, 3.8) is 0 Å². The highest BCUT2D eigenvalue weighted by Crippen LogP contribution is 2.39. The highest BCUT2D eigenvalue weighted by molar-refractivity contribution is 7.93. The molecule has 0 unspecified atom stereocenters. The summed E-state index contributed by atoms with van der Waals surface area (Å²) in [5.41, 5.74) is 0.475. The standard InChI is InChI=1S/C24H33ClN6O5S/c1-14(25)13-27-22(26-5)15(2)17(4)37(32,33)30-24-29-28-23(18-11-12-36-16(18)3)31(24)21-19(34-6)9-8-10-20(21)35-7/h8-10,13,15-18H,5,11-12H2,1-4,6-7H3,(H,29,30)/b14-13+,27-22?/t15-,16+,17-,18-/m0/s1. The number of para-hydroxylation sites is 1. The Hall–Kier alpha value is -2.96. The lowest BCUT2D eigenvalue weighted by Gasteiger charge is -2.22. The highest BCUT2D eigenvalue weighted by atomic mass is 35.5. The van der Waals surface area contributed by atoms with Crippen LogP contribution in [0, 0.1) is 5.92 Å². The molecule has 3 rings (SSSR count). The van der Waals surface area contributed by atoms with E-state index < -0.39 is 21.2 Å². The normalized spacial score (nSPS) is 20.4. The third-order valence-electron chi connectivity index (χ3n) is 6.39. The molecule has 13 heteroatoms. The summed E-state index contributed by atoms with van der Waals surface area (Å²) in [4.78, 5) is 8.08. The van der Waals surface area contributed by atoms with Crippen LogP contribution in [0.3, 0.4) is 0 Å². The Kier molecular flexibility index (Phi) is 9.32. The molecule has 0 spiro atoms. The summed E-state index contributed by atoms with van der Waals surface area (Å²) in [6, 6.07) is 5.29. The highest BCUT2D eigenvalue weighted by Gasteiger charge is 2.36. The van der Waals surface area contributed by atoms with Crippen molar-refractivity contribution in [2.75, 3.05) is 25.5 Å². The molecule has 37 heavy (non-hydrogen) atoms. The summed E-state index contributed by atoms with van der Waals surface area (Å²) in [5, 5.41) is 8.09. The Morgan fingerprint density at radius 3 is 2.46 bits per heavy atom. The number of aromatic nitrogens is 3. The zero-order valence-electron chi connectivity index (χ0n) is 21.8. The number of benzene rings is 1. The first-order valence-corrected chi connectivity index (χ1v) is 13.6. The number of halogens is 1. The van der Waals surface area contributed by atoms with Crippen LogP contribution in [0.15, 0.2) is 39.4 Å².